The van der Waals surface area contributed by atoms with Crippen LogP contribution in [0.25, 0.3) is 0 Å². The molecule has 0 aliphatic rings. The number of hydrogen-bond donors (Lipinski definition) is 3. The molecule has 0 fully saturated rings. The van der Waals surface area contributed by atoms with Crippen molar-refractivity contribution in [2.75, 3.05) is 13.6 Å². The van der Waals surface area contributed by atoms with Gasteiger partial charge in [0, 0.05) is 0 Å². The average Bonchev–Trinajstić information content (AvgIpc) is 2.36. The molecule has 0 bridgehead atoms. The molecular formula is C11H15BFNO5. The van der Waals surface area contributed by atoms with E-state index in [2.05, 4.69) is 4.74 Å². The van der Waals surface area contributed by atoms with Crippen molar-refractivity contribution >= 4 is 13.1 Å². The zero-order chi connectivity index (χ0) is 14.4. The largest absolute Gasteiger partial charge is 0.493 e. The summed E-state index contributed by atoms with van der Waals surface area (Å²) in [6.45, 7) is -0.433. The standard InChI is InChI=1S/C11H15BFNO5/c1-18-11(15)9(14)5-7-2-3-10(8(13)4-7)19-6-12(16)17/h2-4,9,16-17H,5-6,14H2,1H3/t9-/m0/s1. The number of benzene rings is 1. The Kier molecular flexibility index (Phi) is 5.74. The molecule has 0 radical (unpaired) electrons. The second-order valence-electron chi connectivity index (χ2n) is 3.89. The molecule has 4 N–H and O–H groups in total. The third-order valence-electron chi connectivity index (χ3n) is 2.34. The molecule has 104 valence electrons. The van der Waals surface area contributed by atoms with Crippen LogP contribution in [-0.4, -0.2) is 42.8 Å². The SMILES string of the molecule is COC(=O)[C@@H](N)Cc1ccc(OCB(O)O)c(F)c1. The van der Waals surface area contributed by atoms with Crippen LogP contribution in [0.15, 0.2) is 18.2 Å². The van der Waals surface area contributed by atoms with Crippen LogP contribution < -0.4 is 10.5 Å². The van der Waals surface area contributed by atoms with E-state index >= 15 is 0 Å². The van der Waals surface area contributed by atoms with Gasteiger partial charge < -0.3 is 25.3 Å². The molecular weight excluding hydrogens is 256 g/mol. The summed E-state index contributed by atoms with van der Waals surface area (Å²) in [5.41, 5.74) is 6.06. The molecule has 0 unspecified atom stereocenters. The van der Waals surface area contributed by atoms with Crippen LogP contribution in [0.2, 0.25) is 0 Å². The molecule has 0 heterocycles. The second-order valence-corrected chi connectivity index (χ2v) is 3.89. The van der Waals surface area contributed by atoms with Crippen LogP contribution in [0.5, 0.6) is 5.75 Å². The smallest absolute Gasteiger partial charge is 0.491 e. The van der Waals surface area contributed by atoms with E-state index in [1.165, 1.54) is 25.3 Å². The monoisotopic (exact) mass is 271 g/mol. The van der Waals surface area contributed by atoms with Crippen molar-refractivity contribution in [3.63, 3.8) is 0 Å². The number of nitrogens with two attached hydrogens (primary N) is 1. The molecule has 0 aliphatic heterocycles. The Balaban J connectivity index is 2.68. The minimum absolute atomic E-state index is 0.108. The molecule has 0 saturated carbocycles. The third kappa shape index (κ3) is 4.86. The number of hydrogen-bond acceptors (Lipinski definition) is 6. The topological polar surface area (TPSA) is 102 Å². The van der Waals surface area contributed by atoms with Gasteiger partial charge in [-0.3, -0.25) is 4.79 Å². The fourth-order valence-electron chi connectivity index (χ4n) is 1.44. The van der Waals surface area contributed by atoms with Crippen LogP contribution in [0.1, 0.15) is 5.56 Å². The predicted molar refractivity (Wildman–Crippen MR) is 65.8 cm³/mol. The average molecular weight is 271 g/mol. The lowest BCUT2D eigenvalue weighted by Gasteiger charge is -2.11. The first kappa shape index (κ1) is 15.4. The van der Waals surface area contributed by atoms with E-state index in [1.807, 2.05) is 0 Å². The van der Waals surface area contributed by atoms with E-state index in [1.54, 1.807) is 0 Å². The van der Waals surface area contributed by atoms with Gasteiger partial charge in [-0.1, -0.05) is 6.07 Å². The molecule has 19 heavy (non-hydrogen) atoms. The number of carbonyl (C=O) groups is 1. The summed E-state index contributed by atoms with van der Waals surface area (Å²) in [6, 6.07) is 3.17. The molecule has 8 heteroatoms. The number of methoxy groups -OCH3 is 1. The zero-order valence-corrected chi connectivity index (χ0v) is 10.4. The van der Waals surface area contributed by atoms with E-state index in [0.29, 0.717) is 5.56 Å². The minimum Gasteiger partial charge on any atom is -0.493 e. The molecule has 1 rings (SSSR count). The van der Waals surface area contributed by atoms with Crippen LogP contribution in [0.4, 0.5) is 4.39 Å². The molecule has 0 amide bonds. The molecule has 0 spiro atoms. The molecule has 1 atom stereocenters. The number of ether oxygens (including phenoxy) is 2. The van der Waals surface area contributed by atoms with Gasteiger partial charge in [0.15, 0.2) is 11.6 Å². The van der Waals surface area contributed by atoms with Gasteiger partial charge in [-0.05, 0) is 24.1 Å². The van der Waals surface area contributed by atoms with Gasteiger partial charge in [0.05, 0.1) is 7.11 Å². The van der Waals surface area contributed by atoms with Crippen molar-refractivity contribution < 1.29 is 28.7 Å². The normalized spacial score (nSPS) is 11.8. The van der Waals surface area contributed by atoms with Crippen molar-refractivity contribution in [3.05, 3.63) is 29.6 Å². The highest BCUT2D eigenvalue weighted by Gasteiger charge is 2.16. The van der Waals surface area contributed by atoms with Gasteiger partial charge in [0.25, 0.3) is 0 Å². The Morgan fingerprint density at radius 2 is 2.21 bits per heavy atom. The highest BCUT2D eigenvalue weighted by molar-refractivity contribution is 6.40. The van der Waals surface area contributed by atoms with E-state index in [-0.39, 0.29) is 12.2 Å². The summed E-state index contributed by atoms with van der Waals surface area (Å²) < 4.78 is 22.9. The molecule has 1 aromatic carbocycles. The first-order valence-corrected chi connectivity index (χ1v) is 5.54. The summed E-state index contributed by atoms with van der Waals surface area (Å²) in [7, 11) is -0.452. The van der Waals surface area contributed by atoms with Gasteiger partial charge in [-0.25, -0.2) is 4.39 Å². The van der Waals surface area contributed by atoms with Crippen molar-refractivity contribution in [1.82, 2.24) is 0 Å². The van der Waals surface area contributed by atoms with Gasteiger partial charge in [0.1, 0.15) is 12.5 Å². The first-order chi connectivity index (χ1) is 8.93. The Morgan fingerprint density at radius 3 is 2.74 bits per heavy atom. The second kappa shape index (κ2) is 7.08. The lowest BCUT2D eigenvalue weighted by Crippen LogP contribution is -2.33. The summed E-state index contributed by atoms with van der Waals surface area (Å²) in [5, 5.41) is 17.2. The molecule has 1 aromatic rings. The summed E-state index contributed by atoms with van der Waals surface area (Å²) >= 11 is 0. The maximum absolute atomic E-state index is 13.6. The lowest BCUT2D eigenvalue weighted by molar-refractivity contribution is -0.142. The van der Waals surface area contributed by atoms with Crippen molar-refractivity contribution in [3.8, 4) is 5.75 Å². The number of halogens is 1. The first-order valence-electron chi connectivity index (χ1n) is 5.54. The van der Waals surface area contributed by atoms with E-state index < -0.39 is 31.5 Å². The Bertz CT molecular complexity index is 443. The minimum atomic E-state index is -1.67. The van der Waals surface area contributed by atoms with Crippen molar-refractivity contribution in [2.45, 2.75) is 12.5 Å². The Labute approximate surface area is 110 Å². The Morgan fingerprint density at radius 1 is 1.53 bits per heavy atom. The summed E-state index contributed by atoms with van der Waals surface area (Å²) in [6.07, 6.45) is 0.131. The predicted octanol–water partition coefficient (Wildman–Crippen LogP) is -0.741. The lowest BCUT2D eigenvalue weighted by atomic mass is 9.95. The van der Waals surface area contributed by atoms with Gasteiger partial charge in [-0.2, -0.15) is 0 Å². The molecule has 6 nitrogen and oxygen atoms in total. The van der Waals surface area contributed by atoms with E-state index in [0.717, 1.165) is 0 Å². The summed E-state index contributed by atoms with van der Waals surface area (Å²) in [4.78, 5) is 11.1. The van der Waals surface area contributed by atoms with Crippen LogP contribution in [-0.2, 0) is 16.0 Å². The van der Waals surface area contributed by atoms with Crippen molar-refractivity contribution in [2.24, 2.45) is 5.73 Å². The number of esters is 1. The maximum Gasteiger partial charge on any atom is 0.491 e. The van der Waals surface area contributed by atoms with Gasteiger partial charge in [-0.15, -0.1) is 0 Å². The molecule has 0 aliphatic carbocycles. The highest BCUT2D eigenvalue weighted by Crippen LogP contribution is 2.19. The number of carbonyl (C=O) groups excluding carboxylic acids is 1. The highest BCUT2D eigenvalue weighted by atomic mass is 19.1. The summed E-state index contributed by atoms with van der Waals surface area (Å²) in [5.74, 6) is -1.36. The van der Waals surface area contributed by atoms with Crippen LogP contribution in [0.3, 0.4) is 0 Å². The molecule has 0 aromatic heterocycles. The fourth-order valence-corrected chi connectivity index (χ4v) is 1.44. The molecule has 0 saturated heterocycles. The van der Waals surface area contributed by atoms with Crippen molar-refractivity contribution in [1.29, 1.82) is 0 Å². The maximum atomic E-state index is 13.6. The van der Waals surface area contributed by atoms with Gasteiger partial charge in [0.2, 0.25) is 0 Å². The quantitative estimate of drug-likeness (QED) is 0.465. The van der Waals surface area contributed by atoms with E-state index in [4.69, 9.17) is 20.5 Å². The van der Waals surface area contributed by atoms with Crippen LogP contribution in [0, 0.1) is 5.82 Å². The van der Waals surface area contributed by atoms with Crippen LogP contribution >= 0.6 is 0 Å². The Hall–Kier alpha value is -1.64. The fraction of sp³-hybridized carbons (Fsp3) is 0.364. The van der Waals surface area contributed by atoms with E-state index in [9.17, 15) is 9.18 Å². The number of rotatable bonds is 6. The zero-order valence-electron chi connectivity index (χ0n) is 10.4. The third-order valence-corrected chi connectivity index (χ3v) is 2.34. The van der Waals surface area contributed by atoms with Gasteiger partial charge >= 0.3 is 13.1 Å².